The fraction of sp³-hybridized carbons (Fsp3) is 0.444. The molecule has 7 heteroatoms. The van der Waals surface area contributed by atoms with Crippen LogP contribution in [0.3, 0.4) is 0 Å². The van der Waals surface area contributed by atoms with E-state index >= 15 is 0 Å². The van der Waals surface area contributed by atoms with Crippen molar-refractivity contribution in [3.63, 3.8) is 0 Å². The van der Waals surface area contributed by atoms with Crippen LogP contribution in [0.5, 0.6) is 11.5 Å². The highest BCUT2D eigenvalue weighted by Crippen LogP contribution is 2.29. The van der Waals surface area contributed by atoms with Gasteiger partial charge in [-0.2, -0.15) is 5.10 Å². The van der Waals surface area contributed by atoms with Gasteiger partial charge in [0.15, 0.2) is 17.2 Å². The molecular formula is C27H33N3O4. The number of rotatable bonds is 9. The van der Waals surface area contributed by atoms with Crippen molar-refractivity contribution >= 4 is 16.7 Å². The van der Waals surface area contributed by atoms with Crippen LogP contribution in [0, 0.1) is 0 Å². The smallest absolute Gasteiger partial charge is 0.274 e. The number of hydrogen-bond donors (Lipinski definition) is 0. The van der Waals surface area contributed by atoms with Gasteiger partial charge in [0.2, 0.25) is 0 Å². The highest BCUT2D eigenvalue weighted by atomic mass is 16.5. The highest BCUT2D eigenvalue weighted by molar-refractivity contribution is 6.04. The summed E-state index contributed by atoms with van der Waals surface area (Å²) in [5.41, 5.74) is 0.219. The van der Waals surface area contributed by atoms with E-state index in [1.165, 1.54) is 4.68 Å². The zero-order chi connectivity index (χ0) is 23.9. The Morgan fingerprint density at radius 2 is 1.65 bits per heavy atom. The van der Waals surface area contributed by atoms with Crippen LogP contribution in [0.1, 0.15) is 56.4 Å². The summed E-state index contributed by atoms with van der Waals surface area (Å²) in [6, 6.07) is 15.0. The van der Waals surface area contributed by atoms with Crippen molar-refractivity contribution < 1.29 is 14.3 Å². The van der Waals surface area contributed by atoms with Crippen LogP contribution in [0.4, 0.5) is 0 Å². The van der Waals surface area contributed by atoms with Crippen LogP contribution in [-0.4, -0.2) is 46.4 Å². The maximum atomic E-state index is 13.5. The van der Waals surface area contributed by atoms with Crippen molar-refractivity contribution in [3.05, 3.63) is 64.6 Å². The summed E-state index contributed by atoms with van der Waals surface area (Å²) in [6.07, 6.45) is 4.39. The van der Waals surface area contributed by atoms with Crippen LogP contribution in [0.2, 0.25) is 0 Å². The zero-order valence-corrected chi connectivity index (χ0v) is 20.0. The molecule has 3 aromatic rings. The zero-order valence-electron chi connectivity index (χ0n) is 20.0. The summed E-state index contributed by atoms with van der Waals surface area (Å²) >= 11 is 0. The number of amides is 1. The first kappa shape index (κ1) is 23.8. The Labute approximate surface area is 200 Å². The van der Waals surface area contributed by atoms with E-state index in [1.807, 2.05) is 54.3 Å². The van der Waals surface area contributed by atoms with Gasteiger partial charge >= 0.3 is 0 Å². The summed E-state index contributed by atoms with van der Waals surface area (Å²) in [4.78, 5) is 28.2. The van der Waals surface area contributed by atoms with Crippen molar-refractivity contribution in [1.82, 2.24) is 14.7 Å². The standard InChI is InChI=1S/C27H33N3O4/c1-3-5-10-17-30-26(31)22-12-7-6-11-21(22)25(28-30)27(32)29-18-15-20(16-19-29)34-24-14-9-8-13-23(24)33-4-2/h6-9,11-14,20H,3-5,10,15-19H2,1-2H3. The number of carbonyl (C=O) groups is 1. The lowest BCUT2D eigenvalue weighted by molar-refractivity contribution is 0.0583. The minimum atomic E-state index is -0.136. The summed E-state index contributed by atoms with van der Waals surface area (Å²) < 4.78 is 13.3. The Morgan fingerprint density at radius 1 is 0.971 bits per heavy atom. The van der Waals surface area contributed by atoms with Crippen molar-refractivity contribution in [1.29, 1.82) is 0 Å². The first-order chi connectivity index (χ1) is 16.6. The summed E-state index contributed by atoms with van der Waals surface area (Å²) in [6.45, 7) is 6.32. The van der Waals surface area contributed by atoms with Crippen LogP contribution in [-0.2, 0) is 6.54 Å². The third-order valence-electron chi connectivity index (χ3n) is 6.22. The molecule has 1 aliphatic rings. The first-order valence-electron chi connectivity index (χ1n) is 12.3. The Morgan fingerprint density at radius 3 is 2.35 bits per heavy atom. The van der Waals surface area contributed by atoms with Gasteiger partial charge in [-0.05, 0) is 31.5 Å². The van der Waals surface area contributed by atoms with Crippen LogP contribution < -0.4 is 15.0 Å². The number of hydrogen-bond acceptors (Lipinski definition) is 5. The predicted molar refractivity (Wildman–Crippen MR) is 133 cm³/mol. The lowest BCUT2D eigenvalue weighted by Crippen LogP contribution is -2.42. The van der Waals surface area contributed by atoms with Gasteiger partial charge < -0.3 is 14.4 Å². The topological polar surface area (TPSA) is 73.7 Å². The average Bonchev–Trinajstić information content (AvgIpc) is 2.87. The van der Waals surface area contributed by atoms with Crippen LogP contribution in [0.25, 0.3) is 10.8 Å². The van der Waals surface area contributed by atoms with E-state index in [-0.39, 0.29) is 17.6 Å². The molecule has 34 heavy (non-hydrogen) atoms. The number of nitrogens with zero attached hydrogens (tertiary/aromatic N) is 3. The molecule has 0 N–H and O–H groups in total. The van der Waals surface area contributed by atoms with E-state index in [2.05, 4.69) is 12.0 Å². The van der Waals surface area contributed by atoms with Gasteiger partial charge in [-0.3, -0.25) is 9.59 Å². The molecule has 0 aliphatic carbocycles. The lowest BCUT2D eigenvalue weighted by Gasteiger charge is -2.32. The number of unbranched alkanes of at least 4 members (excludes halogenated alkanes) is 2. The van der Waals surface area contributed by atoms with E-state index in [0.717, 1.165) is 43.6 Å². The second-order valence-corrected chi connectivity index (χ2v) is 8.62. The molecule has 1 aliphatic heterocycles. The minimum absolute atomic E-state index is 0.0124. The lowest BCUT2D eigenvalue weighted by atomic mass is 10.1. The molecule has 180 valence electrons. The molecule has 2 heterocycles. The van der Waals surface area contributed by atoms with Gasteiger partial charge in [-0.15, -0.1) is 0 Å². The predicted octanol–water partition coefficient (Wildman–Crippen LogP) is 4.67. The van der Waals surface area contributed by atoms with Gasteiger partial charge in [-0.1, -0.05) is 50.1 Å². The molecule has 0 spiro atoms. The maximum absolute atomic E-state index is 13.5. The fourth-order valence-corrected chi connectivity index (χ4v) is 4.38. The number of ether oxygens (including phenoxy) is 2. The SMILES string of the molecule is CCCCCn1nc(C(=O)N2CCC(Oc3ccccc3OCC)CC2)c2ccccc2c1=O. The second kappa shape index (κ2) is 11.2. The number of piperidine rings is 1. The normalized spacial score (nSPS) is 14.4. The molecule has 1 fully saturated rings. The van der Waals surface area contributed by atoms with Gasteiger partial charge in [0.25, 0.3) is 11.5 Å². The quantitative estimate of drug-likeness (QED) is 0.431. The molecule has 0 unspecified atom stereocenters. The van der Waals surface area contributed by atoms with E-state index in [1.54, 1.807) is 6.07 Å². The first-order valence-corrected chi connectivity index (χ1v) is 12.3. The van der Waals surface area contributed by atoms with Gasteiger partial charge in [0.1, 0.15) is 6.10 Å². The van der Waals surface area contributed by atoms with Crippen molar-refractivity contribution in [2.75, 3.05) is 19.7 Å². The van der Waals surface area contributed by atoms with Crippen molar-refractivity contribution in [2.45, 2.75) is 58.6 Å². The molecule has 2 aromatic carbocycles. The molecule has 1 saturated heterocycles. The Hall–Kier alpha value is -3.35. The fourth-order valence-electron chi connectivity index (χ4n) is 4.38. The van der Waals surface area contributed by atoms with E-state index in [9.17, 15) is 9.59 Å². The number of aryl methyl sites for hydroxylation is 1. The van der Waals surface area contributed by atoms with Gasteiger partial charge in [0.05, 0.1) is 12.0 Å². The maximum Gasteiger partial charge on any atom is 0.274 e. The third-order valence-corrected chi connectivity index (χ3v) is 6.22. The average molecular weight is 464 g/mol. The molecule has 7 nitrogen and oxygen atoms in total. The highest BCUT2D eigenvalue weighted by Gasteiger charge is 2.28. The molecular weight excluding hydrogens is 430 g/mol. The van der Waals surface area contributed by atoms with Crippen molar-refractivity contribution in [2.24, 2.45) is 0 Å². The summed E-state index contributed by atoms with van der Waals surface area (Å²) in [5, 5.41) is 5.69. The molecule has 4 rings (SSSR count). The van der Waals surface area contributed by atoms with Gasteiger partial charge in [-0.25, -0.2) is 4.68 Å². The van der Waals surface area contributed by atoms with E-state index in [4.69, 9.17) is 9.47 Å². The van der Waals surface area contributed by atoms with Crippen LogP contribution in [0.15, 0.2) is 53.3 Å². The van der Waals surface area contributed by atoms with E-state index in [0.29, 0.717) is 42.7 Å². The number of para-hydroxylation sites is 2. The Kier molecular flexibility index (Phi) is 7.83. The molecule has 1 aromatic heterocycles. The third kappa shape index (κ3) is 5.24. The second-order valence-electron chi connectivity index (χ2n) is 8.62. The summed E-state index contributed by atoms with van der Waals surface area (Å²) in [5.74, 6) is 1.35. The van der Waals surface area contributed by atoms with Crippen molar-refractivity contribution in [3.8, 4) is 11.5 Å². The molecule has 0 bridgehead atoms. The molecule has 0 saturated carbocycles. The Balaban J connectivity index is 1.49. The van der Waals surface area contributed by atoms with Gasteiger partial charge in [0, 0.05) is 37.9 Å². The molecule has 0 atom stereocenters. The monoisotopic (exact) mass is 463 g/mol. The van der Waals surface area contributed by atoms with Crippen LogP contribution >= 0.6 is 0 Å². The number of likely N-dealkylation sites (tertiary alicyclic amines) is 1. The Bertz CT molecular complexity index is 1180. The molecule has 0 radical (unpaired) electrons. The number of carbonyl (C=O) groups excluding carboxylic acids is 1. The number of benzene rings is 2. The van der Waals surface area contributed by atoms with E-state index < -0.39 is 0 Å². The largest absolute Gasteiger partial charge is 0.490 e. The molecule has 1 amide bonds. The summed E-state index contributed by atoms with van der Waals surface area (Å²) in [7, 11) is 0. The number of aromatic nitrogens is 2. The minimum Gasteiger partial charge on any atom is -0.490 e. The number of fused-ring (bicyclic) bond motifs is 1.